The van der Waals surface area contributed by atoms with Crippen molar-refractivity contribution in [3.8, 4) is 0 Å². The van der Waals surface area contributed by atoms with E-state index in [1.165, 1.54) is 25.0 Å². The summed E-state index contributed by atoms with van der Waals surface area (Å²) in [5, 5.41) is 3.45. The lowest BCUT2D eigenvalue weighted by Gasteiger charge is -2.30. The van der Waals surface area contributed by atoms with Gasteiger partial charge in [-0.15, -0.1) is 0 Å². The van der Waals surface area contributed by atoms with Gasteiger partial charge in [-0.05, 0) is 50.6 Å². The molecular formula is C15H21FN2O. The van der Waals surface area contributed by atoms with Gasteiger partial charge in [-0.25, -0.2) is 4.39 Å². The van der Waals surface area contributed by atoms with E-state index in [0.29, 0.717) is 18.2 Å². The van der Waals surface area contributed by atoms with E-state index in [4.69, 9.17) is 0 Å². The van der Waals surface area contributed by atoms with Crippen LogP contribution in [0.25, 0.3) is 0 Å². The molecule has 0 saturated carbocycles. The second-order valence-corrected chi connectivity index (χ2v) is 5.00. The first-order valence-electron chi connectivity index (χ1n) is 6.99. The number of halogens is 1. The van der Waals surface area contributed by atoms with Gasteiger partial charge in [-0.1, -0.05) is 6.42 Å². The fourth-order valence-corrected chi connectivity index (χ4v) is 2.48. The second-order valence-electron chi connectivity index (χ2n) is 5.00. The van der Waals surface area contributed by atoms with Gasteiger partial charge in [0.05, 0.1) is 0 Å². The van der Waals surface area contributed by atoms with Crippen molar-refractivity contribution in [2.75, 3.05) is 19.6 Å². The average Bonchev–Trinajstić information content (AvgIpc) is 2.46. The Bertz CT molecular complexity index is 413. The molecule has 0 bridgehead atoms. The number of hydrogen-bond acceptors (Lipinski definition) is 2. The predicted molar refractivity (Wildman–Crippen MR) is 73.6 cm³/mol. The first-order valence-corrected chi connectivity index (χ1v) is 6.99. The van der Waals surface area contributed by atoms with Gasteiger partial charge in [0.25, 0.3) is 5.91 Å². The van der Waals surface area contributed by atoms with Crippen molar-refractivity contribution in [1.82, 2.24) is 10.2 Å². The van der Waals surface area contributed by atoms with Gasteiger partial charge in [0.2, 0.25) is 0 Å². The highest BCUT2D eigenvalue weighted by Gasteiger charge is 2.20. The molecular weight excluding hydrogens is 243 g/mol. The lowest BCUT2D eigenvalue weighted by Crippen LogP contribution is -2.45. The quantitative estimate of drug-likeness (QED) is 0.906. The Morgan fingerprint density at radius 2 is 2.11 bits per heavy atom. The number of benzene rings is 1. The number of likely N-dealkylation sites (N-methyl/N-ethyl adjacent to an activating group) is 1. The molecule has 1 aliphatic rings. The number of rotatable bonds is 4. The number of piperidine rings is 1. The lowest BCUT2D eigenvalue weighted by atomic mass is 10.0. The Hall–Kier alpha value is -1.42. The maximum absolute atomic E-state index is 12.9. The van der Waals surface area contributed by atoms with E-state index in [9.17, 15) is 9.18 Å². The minimum atomic E-state index is -0.312. The zero-order valence-corrected chi connectivity index (χ0v) is 11.4. The molecule has 1 atom stereocenters. The van der Waals surface area contributed by atoms with E-state index in [-0.39, 0.29) is 11.7 Å². The average molecular weight is 264 g/mol. The molecule has 2 rings (SSSR count). The SMILES string of the molecule is CCN(CC1CCCCN1)C(=O)c1ccc(F)cc1. The van der Waals surface area contributed by atoms with Crippen LogP contribution in [0.15, 0.2) is 24.3 Å². The summed E-state index contributed by atoms with van der Waals surface area (Å²) in [7, 11) is 0. The van der Waals surface area contributed by atoms with Crippen LogP contribution < -0.4 is 5.32 Å². The Labute approximate surface area is 113 Å². The summed E-state index contributed by atoms with van der Waals surface area (Å²) < 4.78 is 12.9. The normalized spacial score (nSPS) is 19.2. The van der Waals surface area contributed by atoms with Crippen LogP contribution in [0.4, 0.5) is 4.39 Å². The van der Waals surface area contributed by atoms with Crippen LogP contribution in [0.1, 0.15) is 36.5 Å². The first-order chi connectivity index (χ1) is 9.20. The molecule has 1 aliphatic heterocycles. The molecule has 0 spiro atoms. The van der Waals surface area contributed by atoms with E-state index in [1.807, 2.05) is 11.8 Å². The van der Waals surface area contributed by atoms with Crippen molar-refractivity contribution in [3.63, 3.8) is 0 Å². The Morgan fingerprint density at radius 3 is 2.68 bits per heavy atom. The monoisotopic (exact) mass is 264 g/mol. The smallest absolute Gasteiger partial charge is 0.253 e. The molecule has 1 fully saturated rings. The van der Waals surface area contributed by atoms with Crippen molar-refractivity contribution < 1.29 is 9.18 Å². The summed E-state index contributed by atoms with van der Waals surface area (Å²) in [6.07, 6.45) is 3.56. The fraction of sp³-hybridized carbons (Fsp3) is 0.533. The highest BCUT2D eigenvalue weighted by atomic mass is 19.1. The summed E-state index contributed by atoms with van der Waals surface area (Å²) in [6, 6.07) is 6.15. The molecule has 0 aromatic heterocycles. The Balaban J connectivity index is 1.99. The van der Waals surface area contributed by atoms with Gasteiger partial charge in [-0.3, -0.25) is 4.79 Å². The summed E-state index contributed by atoms with van der Waals surface area (Å²) >= 11 is 0. The van der Waals surface area contributed by atoms with Crippen LogP contribution in [-0.4, -0.2) is 36.5 Å². The van der Waals surface area contributed by atoms with E-state index >= 15 is 0 Å². The number of carbonyl (C=O) groups is 1. The van der Waals surface area contributed by atoms with Gasteiger partial charge in [0.15, 0.2) is 0 Å². The summed E-state index contributed by atoms with van der Waals surface area (Å²) in [5.74, 6) is -0.330. The maximum atomic E-state index is 12.9. The number of carbonyl (C=O) groups excluding carboxylic acids is 1. The molecule has 3 nitrogen and oxygen atoms in total. The standard InChI is InChI=1S/C15H21FN2O/c1-2-18(11-14-5-3-4-10-17-14)15(19)12-6-8-13(16)9-7-12/h6-9,14,17H,2-5,10-11H2,1H3. The third kappa shape index (κ3) is 3.77. The molecule has 0 radical (unpaired) electrons. The molecule has 1 saturated heterocycles. The molecule has 4 heteroatoms. The maximum Gasteiger partial charge on any atom is 0.253 e. The van der Waals surface area contributed by atoms with Crippen LogP contribution in [0.2, 0.25) is 0 Å². The highest BCUT2D eigenvalue weighted by Crippen LogP contribution is 2.11. The number of hydrogen-bond donors (Lipinski definition) is 1. The van der Waals surface area contributed by atoms with Gasteiger partial charge in [0, 0.05) is 24.7 Å². The molecule has 1 aromatic carbocycles. The Morgan fingerprint density at radius 1 is 1.37 bits per heavy atom. The van der Waals surface area contributed by atoms with Crippen molar-refractivity contribution in [2.45, 2.75) is 32.2 Å². The molecule has 1 heterocycles. The fourth-order valence-electron chi connectivity index (χ4n) is 2.48. The molecule has 1 unspecified atom stereocenters. The van der Waals surface area contributed by atoms with E-state index < -0.39 is 0 Å². The van der Waals surface area contributed by atoms with Crippen molar-refractivity contribution >= 4 is 5.91 Å². The molecule has 1 aromatic rings. The largest absolute Gasteiger partial charge is 0.337 e. The summed E-state index contributed by atoms with van der Waals surface area (Å²) in [6.45, 7) is 4.41. The molecule has 19 heavy (non-hydrogen) atoms. The van der Waals surface area contributed by atoms with Crippen LogP contribution in [0.3, 0.4) is 0 Å². The topological polar surface area (TPSA) is 32.3 Å². The number of nitrogens with one attached hydrogen (secondary N) is 1. The molecule has 1 amide bonds. The van der Waals surface area contributed by atoms with Crippen molar-refractivity contribution in [3.05, 3.63) is 35.6 Å². The van der Waals surface area contributed by atoms with E-state index in [2.05, 4.69) is 5.32 Å². The van der Waals surface area contributed by atoms with Gasteiger partial charge >= 0.3 is 0 Å². The van der Waals surface area contributed by atoms with Crippen LogP contribution in [0.5, 0.6) is 0 Å². The minimum absolute atomic E-state index is 0.0186. The number of amides is 1. The molecule has 0 aliphatic carbocycles. The molecule has 1 N–H and O–H groups in total. The number of nitrogens with zero attached hydrogens (tertiary/aromatic N) is 1. The zero-order valence-electron chi connectivity index (χ0n) is 11.4. The third-order valence-electron chi connectivity index (χ3n) is 3.61. The zero-order chi connectivity index (χ0) is 13.7. The predicted octanol–water partition coefficient (Wildman–Crippen LogP) is 2.43. The molecule has 104 valence electrons. The van der Waals surface area contributed by atoms with Crippen molar-refractivity contribution in [2.24, 2.45) is 0 Å². The van der Waals surface area contributed by atoms with Crippen LogP contribution >= 0.6 is 0 Å². The minimum Gasteiger partial charge on any atom is -0.337 e. The van der Waals surface area contributed by atoms with Gasteiger partial charge in [0.1, 0.15) is 5.82 Å². The lowest BCUT2D eigenvalue weighted by molar-refractivity contribution is 0.0741. The van der Waals surface area contributed by atoms with Gasteiger partial charge < -0.3 is 10.2 Å². The van der Waals surface area contributed by atoms with E-state index in [0.717, 1.165) is 19.5 Å². The highest BCUT2D eigenvalue weighted by molar-refractivity contribution is 5.94. The van der Waals surface area contributed by atoms with Crippen LogP contribution in [-0.2, 0) is 0 Å². The third-order valence-corrected chi connectivity index (χ3v) is 3.61. The van der Waals surface area contributed by atoms with Crippen LogP contribution in [0, 0.1) is 5.82 Å². The summed E-state index contributed by atoms with van der Waals surface area (Å²) in [5.41, 5.74) is 0.555. The van der Waals surface area contributed by atoms with Gasteiger partial charge in [-0.2, -0.15) is 0 Å². The van der Waals surface area contributed by atoms with E-state index in [1.54, 1.807) is 12.1 Å². The first kappa shape index (κ1) is 14.0. The van der Waals surface area contributed by atoms with Crippen molar-refractivity contribution in [1.29, 1.82) is 0 Å². The Kier molecular flexibility index (Phi) is 4.91. The second kappa shape index (κ2) is 6.66. The summed E-state index contributed by atoms with van der Waals surface area (Å²) in [4.78, 5) is 14.2.